The lowest BCUT2D eigenvalue weighted by molar-refractivity contribution is -0.0624. The van der Waals surface area contributed by atoms with E-state index in [2.05, 4.69) is 9.97 Å². The second kappa shape index (κ2) is 6.25. The van der Waals surface area contributed by atoms with E-state index in [1.54, 1.807) is 0 Å². The Labute approximate surface area is 109 Å². The number of hydrogen-bond donors (Lipinski definition) is 1. The molecular weight excluding hydrogens is 226 g/mol. The van der Waals surface area contributed by atoms with Crippen LogP contribution in [0.3, 0.4) is 0 Å². The standard InChI is InChI=1S/C14H23N3O/c1-2-18-14(7-5-3-4-6-8-14)13-16-10-12(9-15)11-17-13/h10-11H,2-9,15H2,1H3. The third-order valence-corrected chi connectivity index (χ3v) is 3.68. The predicted molar refractivity (Wildman–Crippen MR) is 70.9 cm³/mol. The van der Waals surface area contributed by atoms with E-state index in [4.69, 9.17) is 10.5 Å². The van der Waals surface area contributed by atoms with Crippen LogP contribution in [0.5, 0.6) is 0 Å². The van der Waals surface area contributed by atoms with Crippen molar-refractivity contribution in [3.8, 4) is 0 Å². The predicted octanol–water partition coefficient (Wildman–Crippen LogP) is 2.52. The molecule has 18 heavy (non-hydrogen) atoms. The molecule has 1 aromatic heterocycles. The van der Waals surface area contributed by atoms with Crippen molar-refractivity contribution < 1.29 is 4.74 Å². The van der Waals surface area contributed by atoms with Crippen molar-refractivity contribution in [2.75, 3.05) is 6.61 Å². The molecule has 0 aromatic carbocycles. The maximum Gasteiger partial charge on any atom is 0.160 e. The average molecular weight is 249 g/mol. The van der Waals surface area contributed by atoms with Crippen LogP contribution in [0.2, 0.25) is 0 Å². The minimum Gasteiger partial charge on any atom is -0.367 e. The summed E-state index contributed by atoms with van der Waals surface area (Å²) in [4.78, 5) is 8.98. The van der Waals surface area contributed by atoms with Crippen LogP contribution in [0, 0.1) is 0 Å². The lowest BCUT2D eigenvalue weighted by Crippen LogP contribution is -2.31. The van der Waals surface area contributed by atoms with E-state index in [9.17, 15) is 0 Å². The Kier molecular flexibility index (Phi) is 4.66. The maximum absolute atomic E-state index is 6.05. The van der Waals surface area contributed by atoms with Crippen LogP contribution in [-0.2, 0) is 16.9 Å². The van der Waals surface area contributed by atoms with Crippen LogP contribution in [0.4, 0.5) is 0 Å². The summed E-state index contributed by atoms with van der Waals surface area (Å²) in [6, 6.07) is 0. The fraction of sp³-hybridized carbons (Fsp3) is 0.714. The second-order valence-electron chi connectivity index (χ2n) is 4.96. The maximum atomic E-state index is 6.05. The number of hydrogen-bond acceptors (Lipinski definition) is 4. The molecule has 1 heterocycles. The van der Waals surface area contributed by atoms with Gasteiger partial charge in [0, 0.05) is 31.1 Å². The van der Waals surface area contributed by atoms with Crippen LogP contribution in [0.1, 0.15) is 56.8 Å². The van der Waals surface area contributed by atoms with E-state index >= 15 is 0 Å². The molecule has 2 rings (SSSR count). The first-order valence-corrected chi connectivity index (χ1v) is 6.96. The highest BCUT2D eigenvalue weighted by Gasteiger charge is 2.36. The summed E-state index contributed by atoms with van der Waals surface area (Å²) < 4.78 is 6.05. The van der Waals surface area contributed by atoms with Gasteiger partial charge in [-0.3, -0.25) is 0 Å². The minimum absolute atomic E-state index is 0.265. The van der Waals surface area contributed by atoms with E-state index in [-0.39, 0.29) is 5.60 Å². The largest absolute Gasteiger partial charge is 0.367 e. The van der Waals surface area contributed by atoms with Gasteiger partial charge in [-0.15, -0.1) is 0 Å². The van der Waals surface area contributed by atoms with Gasteiger partial charge in [0.2, 0.25) is 0 Å². The van der Waals surface area contributed by atoms with Gasteiger partial charge < -0.3 is 10.5 Å². The Morgan fingerprint density at radius 1 is 1.17 bits per heavy atom. The molecule has 0 atom stereocenters. The summed E-state index contributed by atoms with van der Waals surface area (Å²) in [5.74, 6) is 0.837. The third kappa shape index (κ3) is 2.87. The van der Waals surface area contributed by atoms with Gasteiger partial charge in [0.1, 0.15) is 5.60 Å². The lowest BCUT2D eigenvalue weighted by atomic mass is 9.93. The fourth-order valence-corrected chi connectivity index (χ4v) is 2.70. The van der Waals surface area contributed by atoms with Crippen molar-refractivity contribution in [1.82, 2.24) is 9.97 Å². The Hall–Kier alpha value is -1.00. The number of ether oxygens (including phenoxy) is 1. The highest BCUT2D eigenvalue weighted by atomic mass is 16.5. The summed E-state index contributed by atoms with van der Waals surface area (Å²) in [5, 5.41) is 0. The van der Waals surface area contributed by atoms with Gasteiger partial charge >= 0.3 is 0 Å². The topological polar surface area (TPSA) is 61.0 Å². The SMILES string of the molecule is CCOC1(c2ncc(CN)cn2)CCCCCC1. The Balaban J connectivity index is 2.26. The van der Waals surface area contributed by atoms with Crippen molar-refractivity contribution in [2.24, 2.45) is 5.73 Å². The molecule has 0 saturated heterocycles. The van der Waals surface area contributed by atoms with Gasteiger partial charge in [0.15, 0.2) is 5.82 Å². The molecule has 2 N–H and O–H groups in total. The van der Waals surface area contributed by atoms with Gasteiger partial charge in [-0.2, -0.15) is 0 Å². The molecule has 0 bridgehead atoms. The molecule has 100 valence electrons. The molecule has 1 aliphatic rings. The molecule has 1 fully saturated rings. The van der Waals surface area contributed by atoms with Crippen molar-refractivity contribution in [3.63, 3.8) is 0 Å². The Morgan fingerprint density at radius 2 is 1.78 bits per heavy atom. The average Bonchev–Trinajstić information content (AvgIpc) is 2.66. The van der Waals surface area contributed by atoms with Crippen molar-refractivity contribution in [1.29, 1.82) is 0 Å². The van der Waals surface area contributed by atoms with Gasteiger partial charge in [-0.05, 0) is 19.8 Å². The van der Waals surface area contributed by atoms with Crippen LogP contribution in [0.25, 0.3) is 0 Å². The number of nitrogens with zero attached hydrogens (tertiary/aromatic N) is 2. The fourth-order valence-electron chi connectivity index (χ4n) is 2.70. The number of nitrogens with two attached hydrogens (primary N) is 1. The number of aromatic nitrogens is 2. The first-order chi connectivity index (χ1) is 8.80. The summed E-state index contributed by atoms with van der Waals surface area (Å²) in [7, 11) is 0. The van der Waals surface area contributed by atoms with Gasteiger partial charge in [0.25, 0.3) is 0 Å². The van der Waals surface area contributed by atoms with Crippen LogP contribution in [0.15, 0.2) is 12.4 Å². The molecule has 1 aromatic rings. The van der Waals surface area contributed by atoms with Gasteiger partial charge in [-0.25, -0.2) is 9.97 Å². The lowest BCUT2D eigenvalue weighted by Gasteiger charge is -2.31. The summed E-state index contributed by atoms with van der Waals surface area (Å²) >= 11 is 0. The minimum atomic E-state index is -0.265. The monoisotopic (exact) mass is 249 g/mol. The molecule has 0 unspecified atom stereocenters. The molecule has 0 amide bonds. The zero-order valence-electron chi connectivity index (χ0n) is 11.2. The van der Waals surface area contributed by atoms with E-state index < -0.39 is 0 Å². The third-order valence-electron chi connectivity index (χ3n) is 3.68. The van der Waals surface area contributed by atoms with Gasteiger partial charge in [0.05, 0.1) is 0 Å². The molecule has 4 heteroatoms. The zero-order valence-corrected chi connectivity index (χ0v) is 11.2. The number of rotatable bonds is 4. The van der Waals surface area contributed by atoms with Crippen molar-refractivity contribution in [3.05, 3.63) is 23.8 Å². The normalized spacial score (nSPS) is 19.4. The molecule has 1 aliphatic carbocycles. The van der Waals surface area contributed by atoms with Crippen molar-refractivity contribution >= 4 is 0 Å². The summed E-state index contributed by atoms with van der Waals surface area (Å²) in [5.41, 5.74) is 6.29. The molecule has 4 nitrogen and oxygen atoms in total. The second-order valence-corrected chi connectivity index (χ2v) is 4.96. The van der Waals surface area contributed by atoms with E-state index in [1.807, 2.05) is 19.3 Å². The van der Waals surface area contributed by atoms with E-state index in [0.29, 0.717) is 13.2 Å². The van der Waals surface area contributed by atoms with Crippen LogP contribution in [-0.4, -0.2) is 16.6 Å². The van der Waals surface area contributed by atoms with Crippen LogP contribution < -0.4 is 5.73 Å². The van der Waals surface area contributed by atoms with E-state index in [0.717, 1.165) is 24.2 Å². The first kappa shape index (κ1) is 13.4. The summed E-state index contributed by atoms with van der Waals surface area (Å²) in [6.07, 6.45) is 10.7. The smallest absolute Gasteiger partial charge is 0.160 e. The quantitative estimate of drug-likeness (QED) is 0.833. The molecule has 0 spiro atoms. The zero-order chi connectivity index (χ0) is 12.8. The Bertz CT molecular complexity index is 356. The molecule has 0 aliphatic heterocycles. The van der Waals surface area contributed by atoms with E-state index in [1.165, 1.54) is 25.7 Å². The first-order valence-electron chi connectivity index (χ1n) is 6.96. The highest BCUT2D eigenvalue weighted by Crippen LogP contribution is 2.37. The Morgan fingerprint density at radius 3 is 2.28 bits per heavy atom. The van der Waals surface area contributed by atoms with Crippen molar-refractivity contribution in [2.45, 2.75) is 57.6 Å². The van der Waals surface area contributed by atoms with Gasteiger partial charge in [-0.1, -0.05) is 25.7 Å². The van der Waals surface area contributed by atoms with Crippen LogP contribution >= 0.6 is 0 Å². The molecular formula is C14H23N3O. The highest BCUT2D eigenvalue weighted by molar-refractivity contribution is 5.10. The summed E-state index contributed by atoms with van der Waals surface area (Å²) in [6.45, 7) is 3.24. The molecule has 0 radical (unpaired) electrons. The molecule has 1 saturated carbocycles.